The molecule has 2 fully saturated rings. The summed E-state index contributed by atoms with van der Waals surface area (Å²) in [6.45, 7) is 4.25. The molecule has 2 aromatic rings. The molecule has 1 spiro atoms. The van der Waals surface area contributed by atoms with Crippen LogP contribution in [0, 0.1) is 5.82 Å². The van der Waals surface area contributed by atoms with Gasteiger partial charge in [-0.2, -0.15) is 18.3 Å². The van der Waals surface area contributed by atoms with Crippen molar-refractivity contribution in [3.05, 3.63) is 62.8 Å². The van der Waals surface area contributed by atoms with Crippen LogP contribution in [0.25, 0.3) is 0 Å². The van der Waals surface area contributed by atoms with E-state index in [4.69, 9.17) is 9.90 Å². The molecule has 0 unspecified atom stereocenters. The topological polar surface area (TPSA) is 115 Å². The summed E-state index contributed by atoms with van der Waals surface area (Å²) < 4.78 is 46.2. The Morgan fingerprint density at radius 1 is 1.17 bits per heavy atom. The second-order valence-electron chi connectivity index (χ2n) is 8.96. The minimum absolute atomic E-state index is 0.109. The molecule has 2 aliphatic heterocycles. The summed E-state index contributed by atoms with van der Waals surface area (Å²) in [6, 6.07) is 6.40. The number of piperidine rings is 1. The van der Waals surface area contributed by atoms with Gasteiger partial charge in [-0.1, -0.05) is 13.0 Å². The maximum absolute atomic E-state index is 14.5. The number of benzene rings is 1. The fraction of sp³-hybridized carbons (Fsp3) is 0.500. The molecule has 0 radical (unpaired) electrons. The summed E-state index contributed by atoms with van der Waals surface area (Å²) in [4.78, 5) is 35.3. The summed E-state index contributed by atoms with van der Waals surface area (Å²) in [6.07, 6.45) is 0.136. The number of halogens is 4. The molecule has 8 nitrogen and oxygen atoms in total. The van der Waals surface area contributed by atoms with Gasteiger partial charge < -0.3 is 15.3 Å². The van der Waals surface area contributed by atoms with Gasteiger partial charge in [0.05, 0.1) is 11.3 Å². The lowest BCUT2D eigenvalue weighted by molar-refractivity contribution is -0.192. The minimum Gasteiger partial charge on any atom is -0.475 e. The second-order valence-corrected chi connectivity index (χ2v) is 8.96. The molecule has 2 aliphatic rings. The number of aromatic nitrogens is 2. The van der Waals surface area contributed by atoms with Gasteiger partial charge in [0, 0.05) is 30.6 Å². The van der Waals surface area contributed by atoms with E-state index >= 15 is 0 Å². The fourth-order valence-electron chi connectivity index (χ4n) is 4.51. The van der Waals surface area contributed by atoms with Crippen LogP contribution in [-0.4, -0.2) is 63.4 Å². The molecule has 12 heteroatoms. The van der Waals surface area contributed by atoms with Crippen LogP contribution in [0.15, 0.2) is 29.1 Å². The number of alkyl halides is 3. The monoisotopic (exact) mass is 512 g/mol. The van der Waals surface area contributed by atoms with Crippen LogP contribution in [0.4, 0.5) is 17.6 Å². The largest absolute Gasteiger partial charge is 0.490 e. The summed E-state index contributed by atoms with van der Waals surface area (Å²) in [5.41, 5.74) is 2.24. The Balaban J connectivity index is 0.000000454. The third-order valence-electron chi connectivity index (χ3n) is 6.54. The number of rotatable bonds is 4. The Morgan fingerprint density at radius 2 is 1.83 bits per heavy atom. The number of aromatic amines is 1. The van der Waals surface area contributed by atoms with Crippen LogP contribution < -0.4 is 10.9 Å². The smallest absolute Gasteiger partial charge is 0.475 e. The lowest BCUT2D eigenvalue weighted by atomic mass is 9.86. The van der Waals surface area contributed by atoms with Gasteiger partial charge in [0.1, 0.15) is 5.82 Å². The van der Waals surface area contributed by atoms with E-state index in [9.17, 15) is 27.2 Å². The van der Waals surface area contributed by atoms with Gasteiger partial charge in [-0.05, 0) is 62.4 Å². The Labute approximate surface area is 204 Å². The zero-order valence-corrected chi connectivity index (χ0v) is 19.8. The Morgan fingerprint density at radius 3 is 2.39 bits per heavy atom. The van der Waals surface area contributed by atoms with Gasteiger partial charge in [0.15, 0.2) is 0 Å². The number of nitrogens with zero attached hydrogens (tertiary/aromatic N) is 2. The van der Waals surface area contributed by atoms with Crippen molar-refractivity contribution in [2.45, 2.75) is 57.2 Å². The van der Waals surface area contributed by atoms with Crippen molar-refractivity contribution < 1.29 is 32.3 Å². The number of hydrogen-bond donors (Lipinski definition) is 3. The number of hydrogen-bond acceptors (Lipinski definition) is 5. The number of carboxylic acids is 1. The Kier molecular flexibility index (Phi) is 8.49. The van der Waals surface area contributed by atoms with E-state index in [1.807, 2.05) is 6.92 Å². The number of carbonyl (C=O) groups excluding carboxylic acids is 1. The quantitative estimate of drug-likeness (QED) is 0.543. The molecule has 0 saturated carbocycles. The average molecular weight is 513 g/mol. The van der Waals surface area contributed by atoms with Gasteiger partial charge in [-0.3, -0.25) is 9.59 Å². The lowest BCUT2D eigenvalue weighted by Gasteiger charge is -2.39. The predicted octanol–water partition coefficient (Wildman–Crippen LogP) is 3.05. The molecule has 4 rings (SSSR count). The van der Waals surface area contributed by atoms with Crippen molar-refractivity contribution in [3.8, 4) is 0 Å². The van der Waals surface area contributed by atoms with E-state index in [0.717, 1.165) is 31.4 Å². The van der Waals surface area contributed by atoms with E-state index in [1.165, 1.54) is 12.5 Å². The number of H-pyrrole nitrogens is 1. The van der Waals surface area contributed by atoms with Crippen molar-refractivity contribution >= 4 is 11.9 Å². The molecule has 0 atom stereocenters. The van der Waals surface area contributed by atoms with Gasteiger partial charge in [0.2, 0.25) is 0 Å². The van der Waals surface area contributed by atoms with Crippen molar-refractivity contribution in [2.75, 3.05) is 19.6 Å². The molecule has 1 amide bonds. The molecule has 196 valence electrons. The highest BCUT2D eigenvalue weighted by atomic mass is 19.4. The van der Waals surface area contributed by atoms with Crippen LogP contribution in [0.3, 0.4) is 0 Å². The zero-order chi connectivity index (χ0) is 26.5. The molecule has 0 bridgehead atoms. The van der Waals surface area contributed by atoms with E-state index in [1.54, 1.807) is 23.1 Å². The average Bonchev–Trinajstić information content (AvgIpc) is 3.29. The molecule has 1 aromatic heterocycles. The maximum Gasteiger partial charge on any atom is 0.490 e. The number of aryl methyl sites for hydroxylation is 1. The van der Waals surface area contributed by atoms with Crippen molar-refractivity contribution in [1.29, 1.82) is 0 Å². The van der Waals surface area contributed by atoms with Crippen molar-refractivity contribution in [2.24, 2.45) is 0 Å². The Hall–Kier alpha value is -3.28. The van der Waals surface area contributed by atoms with Crippen molar-refractivity contribution in [1.82, 2.24) is 20.4 Å². The molecule has 36 heavy (non-hydrogen) atoms. The molecule has 1 aromatic carbocycles. The summed E-state index contributed by atoms with van der Waals surface area (Å²) >= 11 is 0. The molecule has 2 saturated heterocycles. The highest BCUT2D eigenvalue weighted by Crippen LogP contribution is 2.31. The number of likely N-dealkylation sites (tertiary alicyclic amines) is 1. The first-order valence-corrected chi connectivity index (χ1v) is 11.6. The number of carboxylic acid groups (broad SMARTS) is 1. The molecular formula is C24H28F4N4O4. The van der Waals surface area contributed by atoms with Crippen LogP contribution in [-0.2, 0) is 17.6 Å². The second kappa shape index (κ2) is 11.2. The summed E-state index contributed by atoms with van der Waals surface area (Å²) in [5.74, 6) is -3.50. The standard InChI is InChI=1S/C22H27FN4O2.C2HF3O2/c1-2-16-14-17(25-26-20(16)28)12-15-4-5-19(23)18(13-15)21(29)27-10-7-22(8-11-27)6-3-9-24-22;3-2(4,5)1(6)7/h4-5,13-14,24H,2-3,6-12H2,1H3,(H,26,28);(H,6,7). The fourth-order valence-corrected chi connectivity index (χ4v) is 4.51. The van der Waals surface area contributed by atoms with Crippen LogP contribution in [0.2, 0.25) is 0 Å². The number of amides is 1. The van der Waals surface area contributed by atoms with Crippen molar-refractivity contribution in [3.63, 3.8) is 0 Å². The highest BCUT2D eigenvalue weighted by molar-refractivity contribution is 5.94. The van der Waals surface area contributed by atoms with Gasteiger partial charge in [-0.25, -0.2) is 14.3 Å². The molecule has 3 heterocycles. The third-order valence-corrected chi connectivity index (χ3v) is 6.54. The third kappa shape index (κ3) is 6.68. The highest BCUT2D eigenvalue weighted by Gasteiger charge is 2.39. The first-order chi connectivity index (χ1) is 16.9. The zero-order valence-electron chi connectivity index (χ0n) is 19.8. The minimum atomic E-state index is -5.08. The Bertz CT molecular complexity index is 1150. The van der Waals surface area contributed by atoms with E-state index in [2.05, 4.69) is 15.5 Å². The number of nitrogens with one attached hydrogen (secondary N) is 2. The van der Waals surface area contributed by atoms with E-state index in [-0.39, 0.29) is 22.6 Å². The molecule has 3 N–H and O–H groups in total. The first-order valence-electron chi connectivity index (χ1n) is 11.6. The SMILES string of the molecule is CCc1cc(Cc2ccc(F)c(C(=O)N3CCC4(CCCN4)CC3)c2)n[nH]c1=O.O=C(O)C(F)(F)F. The van der Waals surface area contributed by atoms with Gasteiger partial charge >= 0.3 is 12.1 Å². The van der Waals surface area contributed by atoms with Gasteiger partial charge in [-0.15, -0.1) is 0 Å². The van der Waals surface area contributed by atoms with Crippen LogP contribution in [0.5, 0.6) is 0 Å². The van der Waals surface area contributed by atoms with Gasteiger partial charge in [0.25, 0.3) is 11.5 Å². The predicted molar refractivity (Wildman–Crippen MR) is 122 cm³/mol. The number of aliphatic carboxylic acids is 1. The normalized spacial score (nSPS) is 17.0. The van der Waals surface area contributed by atoms with E-state index < -0.39 is 18.0 Å². The summed E-state index contributed by atoms with van der Waals surface area (Å²) in [5, 5.41) is 17.3. The van der Waals surface area contributed by atoms with Crippen LogP contribution >= 0.6 is 0 Å². The molecular weight excluding hydrogens is 484 g/mol. The molecule has 0 aliphatic carbocycles. The summed E-state index contributed by atoms with van der Waals surface area (Å²) in [7, 11) is 0. The van der Waals surface area contributed by atoms with Crippen LogP contribution in [0.1, 0.15) is 59.8 Å². The lowest BCUT2D eigenvalue weighted by Crippen LogP contribution is -2.51. The number of carbonyl (C=O) groups is 2. The van der Waals surface area contributed by atoms with E-state index in [0.29, 0.717) is 37.2 Å². The maximum atomic E-state index is 14.5. The first kappa shape index (κ1) is 27.3.